The molecule has 0 aliphatic heterocycles. The molecule has 0 aromatic carbocycles. The highest BCUT2D eigenvalue weighted by Gasteiger charge is 2.30. The molecule has 0 aliphatic rings. The van der Waals surface area contributed by atoms with Crippen molar-refractivity contribution in [1.29, 1.82) is 0 Å². The Morgan fingerprint density at radius 1 is 0.562 bits per heavy atom. The second kappa shape index (κ2) is 11.9. The summed E-state index contributed by atoms with van der Waals surface area (Å²) in [7, 11) is 0. The lowest BCUT2D eigenvalue weighted by Crippen LogP contribution is -2.58. The van der Waals surface area contributed by atoms with Gasteiger partial charge in [0.25, 0.3) is 0 Å². The Bertz CT molecular complexity index is 608. The summed E-state index contributed by atoms with van der Waals surface area (Å²) in [6, 6.07) is -1.71. The Labute approximate surface area is 191 Å². The molecule has 0 saturated heterocycles. The highest BCUT2D eigenvalue weighted by Crippen LogP contribution is 2.10. The molecule has 0 fully saturated rings. The Hall–Kier alpha value is -2.52. The molecule has 0 aromatic heterocycles. The first-order valence-corrected chi connectivity index (χ1v) is 10.9. The SMILES string of the molecule is CC(NC(=O)[C@@H](NC(=O)OC(C)(C)C)C(C)C)NC(=O)[C@H](NC(=O)OC(C)(C)C)C(C)C. The summed E-state index contributed by atoms with van der Waals surface area (Å²) in [4.78, 5) is 49.5. The van der Waals surface area contributed by atoms with Crippen LogP contribution >= 0.6 is 0 Å². The van der Waals surface area contributed by atoms with Crippen LogP contribution < -0.4 is 21.3 Å². The van der Waals surface area contributed by atoms with Gasteiger partial charge in [0.15, 0.2) is 0 Å². The minimum Gasteiger partial charge on any atom is -0.444 e. The summed E-state index contributed by atoms with van der Waals surface area (Å²) in [5.74, 6) is -1.38. The summed E-state index contributed by atoms with van der Waals surface area (Å²) in [5, 5.41) is 10.4. The highest BCUT2D eigenvalue weighted by molar-refractivity contribution is 5.88. The van der Waals surface area contributed by atoms with Crippen molar-refractivity contribution in [1.82, 2.24) is 21.3 Å². The molecule has 0 bridgehead atoms. The van der Waals surface area contributed by atoms with Crippen molar-refractivity contribution in [2.75, 3.05) is 0 Å². The highest BCUT2D eigenvalue weighted by atomic mass is 16.6. The smallest absolute Gasteiger partial charge is 0.408 e. The molecular weight excluding hydrogens is 416 g/mol. The van der Waals surface area contributed by atoms with Gasteiger partial charge in [0, 0.05) is 0 Å². The van der Waals surface area contributed by atoms with E-state index in [-0.39, 0.29) is 11.8 Å². The first-order chi connectivity index (χ1) is 14.3. The van der Waals surface area contributed by atoms with Gasteiger partial charge in [-0.15, -0.1) is 0 Å². The van der Waals surface area contributed by atoms with Crippen LogP contribution in [-0.2, 0) is 19.1 Å². The van der Waals surface area contributed by atoms with Gasteiger partial charge >= 0.3 is 12.2 Å². The van der Waals surface area contributed by atoms with Crippen molar-refractivity contribution < 1.29 is 28.7 Å². The summed E-state index contributed by atoms with van der Waals surface area (Å²) in [6.07, 6.45) is -2.16. The second-order valence-electron chi connectivity index (χ2n) is 10.5. The van der Waals surface area contributed by atoms with Crippen LogP contribution in [-0.4, -0.2) is 53.5 Å². The largest absolute Gasteiger partial charge is 0.444 e. The zero-order valence-electron chi connectivity index (χ0n) is 21.3. The van der Waals surface area contributed by atoms with Gasteiger partial charge in [-0.1, -0.05) is 27.7 Å². The molecule has 4 N–H and O–H groups in total. The molecule has 3 atom stereocenters. The molecule has 186 valence electrons. The monoisotopic (exact) mass is 458 g/mol. The van der Waals surface area contributed by atoms with E-state index in [1.54, 1.807) is 76.2 Å². The molecule has 0 aromatic rings. The van der Waals surface area contributed by atoms with E-state index in [2.05, 4.69) is 21.3 Å². The number of nitrogens with one attached hydrogen (secondary N) is 4. The summed E-state index contributed by atoms with van der Waals surface area (Å²) in [6.45, 7) is 19.1. The number of carbonyl (C=O) groups is 4. The van der Waals surface area contributed by atoms with Crippen LogP contribution in [0.1, 0.15) is 76.2 Å². The van der Waals surface area contributed by atoms with E-state index in [1.165, 1.54) is 0 Å². The van der Waals surface area contributed by atoms with E-state index in [9.17, 15) is 19.2 Å². The Morgan fingerprint density at radius 3 is 1.06 bits per heavy atom. The average Bonchev–Trinajstić information content (AvgIpc) is 2.53. The number of ether oxygens (including phenoxy) is 2. The molecule has 0 saturated carbocycles. The van der Waals surface area contributed by atoms with Crippen LogP contribution in [0.5, 0.6) is 0 Å². The van der Waals surface area contributed by atoms with E-state index in [1.807, 2.05) is 0 Å². The molecule has 0 rings (SSSR count). The number of hydrogen-bond donors (Lipinski definition) is 4. The summed E-state index contributed by atoms with van der Waals surface area (Å²) in [5.41, 5.74) is -1.40. The van der Waals surface area contributed by atoms with E-state index < -0.39 is 53.5 Å². The fraction of sp³-hybridized carbons (Fsp3) is 0.818. The number of rotatable bonds is 8. The Kier molecular flexibility index (Phi) is 11.0. The molecule has 4 amide bonds. The van der Waals surface area contributed by atoms with Gasteiger partial charge in [-0.2, -0.15) is 0 Å². The van der Waals surface area contributed by atoms with Crippen molar-refractivity contribution in [3.8, 4) is 0 Å². The third-order valence-electron chi connectivity index (χ3n) is 3.96. The zero-order valence-corrected chi connectivity index (χ0v) is 21.3. The van der Waals surface area contributed by atoms with Gasteiger partial charge in [0.1, 0.15) is 23.3 Å². The number of amides is 4. The Balaban J connectivity index is 5.03. The summed E-state index contributed by atoms with van der Waals surface area (Å²) < 4.78 is 10.4. The van der Waals surface area contributed by atoms with Crippen molar-refractivity contribution in [3.05, 3.63) is 0 Å². The molecule has 10 heteroatoms. The first-order valence-electron chi connectivity index (χ1n) is 10.9. The van der Waals surface area contributed by atoms with E-state index in [4.69, 9.17) is 9.47 Å². The average molecular weight is 459 g/mol. The lowest BCUT2D eigenvalue weighted by Gasteiger charge is -2.28. The molecule has 0 heterocycles. The fourth-order valence-corrected chi connectivity index (χ4v) is 2.58. The number of carbonyl (C=O) groups excluding carboxylic acids is 4. The second-order valence-corrected chi connectivity index (χ2v) is 10.5. The van der Waals surface area contributed by atoms with Crippen molar-refractivity contribution in [3.63, 3.8) is 0 Å². The van der Waals surface area contributed by atoms with Crippen molar-refractivity contribution in [2.24, 2.45) is 11.8 Å². The maximum absolute atomic E-state index is 12.7. The van der Waals surface area contributed by atoms with Crippen LogP contribution in [0.3, 0.4) is 0 Å². The lowest BCUT2D eigenvalue weighted by molar-refractivity contribution is -0.127. The molecule has 0 spiro atoms. The molecule has 0 radical (unpaired) electrons. The van der Waals surface area contributed by atoms with Gasteiger partial charge in [-0.25, -0.2) is 9.59 Å². The fourth-order valence-electron chi connectivity index (χ4n) is 2.58. The van der Waals surface area contributed by atoms with Gasteiger partial charge in [0.05, 0.1) is 6.17 Å². The van der Waals surface area contributed by atoms with Crippen molar-refractivity contribution >= 4 is 24.0 Å². The third kappa shape index (κ3) is 12.4. The van der Waals surface area contributed by atoms with Gasteiger partial charge in [-0.3, -0.25) is 9.59 Å². The molecule has 32 heavy (non-hydrogen) atoms. The van der Waals surface area contributed by atoms with Gasteiger partial charge in [0.2, 0.25) is 11.8 Å². The molecular formula is C22H42N4O6. The lowest BCUT2D eigenvalue weighted by atomic mass is 10.0. The minimum atomic E-state index is -0.856. The topological polar surface area (TPSA) is 135 Å². The Morgan fingerprint density at radius 2 is 0.844 bits per heavy atom. The molecule has 1 unspecified atom stereocenters. The maximum Gasteiger partial charge on any atom is 0.408 e. The molecule has 10 nitrogen and oxygen atoms in total. The zero-order chi connectivity index (χ0) is 25.4. The maximum atomic E-state index is 12.7. The number of hydrogen-bond acceptors (Lipinski definition) is 6. The summed E-state index contributed by atoms with van der Waals surface area (Å²) >= 11 is 0. The van der Waals surface area contributed by atoms with Gasteiger partial charge in [-0.05, 0) is 60.3 Å². The normalized spacial score (nSPS) is 14.8. The van der Waals surface area contributed by atoms with Crippen LogP contribution in [0.15, 0.2) is 0 Å². The molecule has 0 aliphatic carbocycles. The van der Waals surface area contributed by atoms with Crippen LogP contribution in [0, 0.1) is 11.8 Å². The van der Waals surface area contributed by atoms with E-state index in [0.29, 0.717) is 0 Å². The quantitative estimate of drug-likeness (QED) is 0.413. The minimum absolute atomic E-state index is 0.220. The predicted octanol–water partition coefficient (Wildman–Crippen LogP) is 2.66. The first kappa shape index (κ1) is 29.5. The van der Waals surface area contributed by atoms with E-state index in [0.717, 1.165) is 0 Å². The number of alkyl carbamates (subject to hydrolysis) is 2. The predicted molar refractivity (Wildman–Crippen MR) is 122 cm³/mol. The van der Waals surface area contributed by atoms with Crippen molar-refractivity contribution in [2.45, 2.75) is 106 Å². The van der Waals surface area contributed by atoms with Gasteiger partial charge < -0.3 is 30.7 Å². The van der Waals surface area contributed by atoms with E-state index >= 15 is 0 Å². The van der Waals surface area contributed by atoms with Crippen LogP contribution in [0.4, 0.5) is 9.59 Å². The van der Waals surface area contributed by atoms with Crippen LogP contribution in [0.2, 0.25) is 0 Å². The third-order valence-corrected chi connectivity index (χ3v) is 3.96. The van der Waals surface area contributed by atoms with Crippen LogP contribution in [0.25, 0.3) is 0 Å². The standard InChI is InChI=1S/C22H42N4O6/c1-12(2)15(25-19(29)31-21(6,7)8)17(27)23-14(5)24-18(28)16(13(3)4)26-20(30)32-22(9,10)11/h12-16H,1-11H3,(H,23,27)(H,24,28)(H,25,29)(H,26,30)/t14?,15-,16+.